The van der Waals surface area contributed by atoms with Crippen LogP contribution in [0.1, 0.15) is 34.3 Å². The predicted molar refractivity (Wildman–Crippen MR) is 135 cm³/mol. The summed E-state index contributed by atoms with van der Waals surface area (Å²) in [5, 5.41) is 6.26. The third-order valence-corrected chi connectivity index (χ3v) is 6.45. The van der Waals surface area contributed by atoms with Crippen LogP contribution in [0.3, 0.4) is 0 Å². The van der Waals surface area contributed by atoms with Gasteiger partial charge in [-0.2, -0.15) is 0 Å². The number of carbonyl (C=O) groups excluding carboxylic acids is 2. The fourth-order valence-corrected chi connectivity index (χ4v) is 4.47. The van der Waals surface area contributed by atoms with Crippen molar-refractivity contribution < 1.29 is 19.1 Å². The fraction of sp³-hybridized carbons (Fsp3) is 0.333. The van der Waals surface area contributed by atoms with Crippen molar-refractivity contribution in [2.24, 2.45) is 0 Å². The van der Waals surface area contributed by atoms with Gasteiger partial charge in [0.25, 0.3) is 5.91 Å². The molecular formula is C27H29N5O4. The minimum Gasteiger partial charge on any atom is -0.497 e. The Hall–Kier alpha value is -3.98. The fourth-order valence-electron chi connectivity index (χ4n) is 4.47. The van der Waals surface area contributed by atoms with E-state index in [1.165, 1.54) is 0 Å². The van der Waals surface area contributed by atoms with Gasteiger partial charge in [0.1, 0.15) is 12.3 Å². The predicted octanol–water partition coefficient (Wildman–Crippen LogP) is 3.02. The van der Waals surface area contributed by atoms with Gasteiger partial charge in [0.15, 0.2) is 0 Å². The van der Waals surface area contributed by atoms with Gasteiger partial charge in [0.2, 0.25) is 11.9 Å². The highest BCUT2D eigenvalue weighted by atomic mass is 16.5. The average Bonchev–Trinajstić information content (AvgIpc) is 3.22. The standard InChI is InChI=1S/C27H29N5O4/c1-35-22-4-2-3-18(13-22)15-29-25(33)17-32-16-20-6-5-19(14-23(20)26(32)34)24-7-10-28-27(31-24)30-21-8-11-36-12-9-21/h2-7,10,13-14,21H,8-9,11-12,15-17H2,1H3,(H,29,33)(H,28,30,31). The first-order chi connectivity index (χ1) is 17.6. The molecule has 9 heteroatoms. The second-order valence-electron chi connectivity index (χ2n) is 8.96. The molecular weight excluding hydrogens is 458 g/mol. The van der Waals surface area contributed by atoms with E-state index in [2.05, 4.69) is 20.6 Å². The monoisotopic (exact) mass is 487 g/mol. The smallest absolute Gasteiger partial charge is 0.254 e. The molecule has 0 saturated carbocycles. The molecule has 2 amide bonds. The number of rotatable bonds is 8. The second-order valence-corrected chi connectivity index (χ2v) is 8.96. The molecule has 2 N–H and O–H groups in total. The number of benzene rings is 2. The molecule has 1 fully saturated rings. The van der Waals surface area contributed by atoms with Gasteiger partial charge in [-0.3, -0.25) is 9.59 Å². The van der Waals surface area contributed by atoms with E-state index in [0.29, 0.717) is 30.6 Å². The number of amides is 2. The van der Waals surface area contributed by atoms with Crippen LogP contribution in [-0.4, -0.2) is 59.6 Å². The molecule has 2 aliphatic rings. The molecule has 0 bridgehead atoms. The summed E-state index contributed by atoms with van der Waals surface area (Å²) in [6.07, 6.45) is 3.56. The van der Waals surface area contributed by atoms with Crippen molar-refractivity contribution in [3.05, 3.63) is 71.4 Å². The number of hydrogen-bond donors (Lipinski definition) is 2. The van der Waals surface area contributed by atoms with Gasteiger partial charge in [-0.15, -0.1) is 0 Å². The van der Waals surface area contributed by atoms with Crippen molar-refractivity contribution in [3.63, 3.8) is 0 Å². The van der Waals surface area contributed by atoms with E-state index in [9.17, 15) is 9.59 Å². The van der Waals surface area contributed by atoms with Gasteiger partial charge in [0.05, 0.1) is 12.8 Å². The molecule has 3 aromatic rings. The van der Waals surface area contributed by atoms with Crippen LogP contribution in [0.15, 0.2) is 54.7 Å². The Morgan fingerprint density at radius 1 is 1.17 bits per heavy atom. The molecule has 0 radical (unpaired) electrons. The average molecular weight is 488 g/mol. The molecule has 5 rings (SSSR count). The Balaban J connectivity index is 1.22. The van der Waals surface area contributed by atoms with Crippen LogP contribution in [0.2, 0.25) is 0 Å². The summed E-state index contributed by atoms with van der Waals surface area (Å²) in [6, 6.07) is 15.4. The number of nitrogens with zero attached hydrogens (tertiary/aromatic N) is 3. The van der Waals surface area contributed by atoms with Gasteiger partial charge in [-0.25, -0.2) is 9.97 Å². The van der Waals surface area contributed by atoms with Crippen molar-refractivity contribution in [1.29, 1.82) is 0 Å². The third kappa shape index (κ3) is 5.46. The number of carbonyl (C=O) groups is 2. The summed E-state index contributed by atoms with van der Waals surface area (Å²) in [5.74, 6) is 0.940. The molecule has 0 aliphatic carbocycles. The minimum atomic E-state index is -0.209. The lowest BCUT2D eigenvalue weighted by atomic mass is 10.0. The third-order valence-electron chi connectivity index (χ3n) is 6.45. The SMILES string of the molecule is COc1cccc(CNC(=O)CN2Cc3ccc(-c4ccnc(NC5CCOCC5)n4)cc3C2=O)c1. The molecule has 1 saturated heterocycles. The van der Waals surface area contributed by atoms with Crippen molar-refractivity contribution >= 4 is 17.8 Å². The maximum Gasteiger partial charge on any atom is 0.254 e. The Morgan fingerprint density at radius 2 is 2.03 bits per heavy atom. The van der Waals surface area contributed by atoms with E-state index < -0.39 is 0 Å². The molecule has 0 spiro atoms. The number of aromatic nitrogens is 2. The van der Waals surface area contributed by atoms with E-state index in [4.69, 9.17) is 9.47 Å². The van der Waals surface area contributed by atoms with E-state index in [1.54, 1.807) is 18.2 Å². The van der Waals surface area contributed by atoms with Crippen molar-refractivity contribution in [3.8, 4) is 17.0 Å². The molecule has 186 valence electrons. The highest BCUT2D eigenvalue weighted by Gasteiger charge is 2.29. The molecule has 0 atom stereocenters. The number of methoxy groups -OCH3 is 1. The van der Waals surface area contributed by atoms with E-state index in [1.807, 2.05) is 48.5 Å². The summed E-state index contributed by atoms with van der Waals surface area (Å²) < 4.78 is 10.6. The largest absolute Gasteiger partial charge is 0.497 e. The summed E-state index contributed by atoms with van der Waals surface area (Å²) in [6.45, 7) is 2.24. The molecule has 9 nitrogen and oxygen atoms in total. The summed E-state index contributed by atoms with van der Waals surface area (Å²) in [4.78, 5) is 36.2. The minimum absolute atomic E-state index is 0.000503. The van der Waals surface area contributed by atoms with E-state index in [-0.39, 0.29) is 18.4 Å². The lowest BCUT2D eigenvalue weighted by molar-refractivity contribution is -0.122. The molecule has 36 heavy (non-hydrogen) atoms. The van der Waals surface area contributed by atoms with Gasteiger partial charge in [0, 0.05) is 49.7 Å². The van der Waals surface area contributed by atoms with Crippen molar-refractivity contribution in [2.45, 2.75) is 32.0 Å². The molecule has 2 aromatic carbocycles. The van der Waals surface area contributed by atoms with Gasteiger partial charge < -0.3 is 25.0 Å². The summed E-state index contributed by atoms with van der Waals surface area (Å²) in [7, 11) is 1.60. The summed E-state index contributed by atoms with van der Waals surface area (Å²) in [5.41, 5.74) is 4.01. The number of ether oxygens (including phenoxy) is 2. The Morgan fingerprint density at radius 3 is 2.86 bits per heavy atom. The van der Waals surface area contributed by atoms with E-state index in [0.717, 1.165) is 54.2 Å². The highest BCUT2D eigenvalue weighted by Crippen LogP contribution is 2.28. The Kier molecular flexibility index (Phi) is 7.08. The zero-order chi connectivity index (χ0) is 24.9. The molecule has 1 aromatic heterocycles. The van der Waals surface area contributed by atoms with Crippen molar-refractivity contribution in [1.82, 2.24) is 20.2 Å². The zero-order valence-corrected chi connectivity index (χ0v) is 20.2. The maximum atomic E-state index is 13.1. The van der Waals surface area contributed by atoms with Crippen LogP contribution in [0, 0.1) is 0 Å². The topological polar surface area (TPSA) is 106 Å². The van der Waals surface area contributed by atoms with Gasteiger partial charge in [-0.05, 0) is 48.2 Å². The number of anilines is 1. The first kappa shape index (κ1) is 23.7. The first-order valence-corrected chi connectivity index (χ1v) is 12.1. The highest BCUT2D eigenvalue weighted by molar-refractivity contribution is 6.01. The van der Waals surface area contributed by atoms with Crippen LogP contribution in [0.4, 0.5) is 5.95 Å². The van der Waals surface area contributed by atoms with Crippen molar-refractivity contribution in [2.75, 3.05) is 32.2 Å². The molecule has 0 unspecified atom stereocenters. The van der Waals surface area contributed by atoms with Gasteiger partial charge >= 0.3 is 0 Å². The first-order valence-electron chi connectivity index (χ1n) is 12.1. The number of hydrogen-bond acceptors (Lipinski definition) is 7. The van der Waals surface area contributed by atoms with Gasteiger partial charge in [-0.1, -0.05) is 24.3 Å². The van der Waals surface area contributed by atoms with Crippen LogP contribution in [0.25, 0.3) is 11.3 Å². The zero-order valence-electron chi connectivity index (χ0n) is 20.2. The number of fused-ring (bicyclic) bond motifs is 1. The van der Waals surface area contributed by atoms with Crippen LogP contribution in [0.5, 0.6) is 5.75 Å². The maximum absolute atomic E-state index is 13.1. The Bertz CT molecular complexity index is 1260. The van der Waals surface area contributed by atoms with E-state index >= 15 is 0 Å². The lowest BCUT2D eigenvalue weighted by Gasteiger charge is -2.23. The Labute approximate surface area is 209 Å². The molecule has 2 aliphatic heterocycles. The number of nitrogens with one attached hydrogen (secondary N) is 2. The van der Waals surface area contributed by atoms with Crippen LogP contribution >= 0.6 is 0 Å². The summed E-state index contributed by atoms with van der Waals surface area (Å²) >= 11 is 0. The molecule has 3 heterocycles. The quantitative estimate of drug-likeness (QED) is 0.503. The lowest BCUT2D eigenvalue weighted by Crippen LogP contribution is -2.37. The van der Waals surface area contributed by atoms with Crippen LogP contribution < -0.4 is 15.4 Å². The van der Waals surface area contributed by atoms with Crippen LogP contribution in [-0.2, 0) is 22.6 Å². The second kappa shape index (κ2) is 10.7. The normalized spacial score (nSPS) is 15.5.